The Kier molecular flexibility index (Phi) is 3.93. The second-order valence-corrected chi connectivity index (χ2v) is 3.84. The molecule has 2 heteroatoms. The highest BCUT2D eigenvalue weighted by Crippen LogP contribution is 2.24. The third kappa shape index (κ3) is 2.72. The fourth-order valence-electron chi connectivity index (χ4n) is 1.69. The van der Waals surface area contributed by atoms with Gasteiger partial charge in [0.25, 0.3) is 0 Å². The average molecular weight is 196 g/mol. The number of phenols is 1. The van der Waals surface area contributed by atoms with E-state index in [9.17, 15) is 9.50 Å². The van der Waals surface area contributed by atoms with E-state index in [1.807, 2.05) is 0 Å². The lowest BCUT2D eigenvalue weighted by molar-refractivity contribution is 0.439. The first-order valence-corrected chi connectivity index (χ1v) is 5.11. The Labute approximate surface area is 84.6 Å². The Balaban J connectivity index is 2.75. The molecule has 0 radical (unpaired) electrons. The summed E-state index contributed by atoms with van der Waals surface area (Å²) in [5.74, 6) is 0.198. The Morgan fingerprint density at radius 2 is 2.14 bits per heavy atom. The molecule has 0 aromatic heterocycles. The maximum atomic E-state index is 13.3. The first-order valence-electron chi connectivity index (χ1n) is 5.11. The second kappa shape index (κ2) is 4.99. The summed E-state index contributed by atoms with van der Waals surface area (Å²) in [5, 5.41) is 9.47. The van der Waals surface area contributed by atoms with Crippen molar-refractivity contribution in [2.45, 2.75) is 33.1 Å². The van der Waals surface area contributed by atoms with Gasteiger partial charge in [-0.25, -0.2) is 4.39 Å². The minimum atomic E-state index is -0.298. The molecule has 0 spiro atoms. The smallest absolute Gasteiger partial charge is 0.130 e. The Morgan fingerprint density at radius 1 is 1.43 bits per heavy atom. The predicted octanol–water partition coefficient (Wildman–Crippen LogP) is 3.51. The van der Waals surface area contributed by atoms with E-state index < -0.39 is 0 Å². The summed E-state index contributed by atoms with van der Waals surface area (Å²) in [6.45, 7) is 4.19. The molecule has 1 aromatic carbocycles. The zero-order valence-electron chi connectivity index (χ0n) is 8.76. The number of hydrogen-bond donors (Lipinski definition) is 1. The molecule has 1 nitrogen and oxygen atoms in total. The zero-order chi connectivity index (χ0) is 10.6. The van der Waals surface area contributed by atoms with Gasteiger partial charge in [0, 0.05) is 5.56 Å². The Morgan fingerprint density at radius 3 is 2.71 bits per heavy atom. The van der Waals surface area contributed by atoms with Gasteiger partial charge < -0.3 is 5.11 Å². The molecule has 1 rings (SSSR count). The standard InChI is InChI=1S/C12H17FO/c1-3-5-9(2)8-10-11(13)6-4-7-12(10)14/h4,6-7,9,14H,3,5,8H2,1-2H3. The van der Waals surface area contributed by atoms with Gasteiger partial charge in [-0.1, -0.05) is 32.8 Å². The number of aromatic hydroxyl groups is 1. The van der Waals surface area contributed by atoms with Crippen LogP contribution >= 0.6 is 0 Å². The van der Waals surface area contributed by atoms with Gasteiger partial charge >= 0.3 is 0 Å². The Bertz CT molecular complexity index is 276. The van der Waals surface area contributed by atoms with E-state index in [-0.39, 0.29) is 11.6 Å². The molecule has 1 N–H and O–H groups in total. The van der Waals surface area contributed by atoms with E-state index >= 15 is 0 Å². The molecule has 0 saturated heterocycles. The third-order valence-electron chi connectivity index (χ3n) is 2.43. The summed E-state index contributed by atoms with van der Waals surface area (Å²) in [4.78, 5) is 0. The SMILES string of the molecule is CCCC(C)Cc1c(O)cccc1F. The number of phenolic OH excluding ortho intramolecular Hbond substituents is 1. The van der Waals surface area contributed by atoms with Crippen molar-refractivity contribution in [3.63, 3.8) is 0 Å². The van der Waals surface area contributed by atoms with Crippen molar-refractivity contribution in [2.75, 3.05) is 0 Å². The van der Waals surface area contributed by atoms with Crippen LogP contribution in [0.1, 0.15) is 32.3 Å². The molecular weight excluding hydrogens is 179 g/mol. The van der Waals surface area contributed by atoms with Crippen molar-refractivity contribution >= 4 is 0 Å². The van der Waals surface area contributed by atoms with E-state index in [2.05, 4.69) is 13.8 Å². The lowest BCUT2D eigenvalue weighted by Gasteiger charge is -2.11. The van der Waals surface area contributed by atoms with Crippen LogP contribution in [0.25, 0.3) is 0 Å². The first kappa shape index (κ1) is 11.0. The zero-order valence-corrected chi connectivity index (χ0v) is 8.76. The van der Waals surface area contributed by atoms with Crippen LogP contribution < -0.4 is 0 Å². The lowest BCUT2D eigenvalue weighted by Crippen LogP contribution is -2.01. The molecule has 0 aliphatic heterocycles. The number of halogens is 1. The summed E-state index contributed by atoms with van der Waals surface area (Å²) < 4.78 is 13.3. The van der Waals surface area contributed by atoms with Crippen molar-refractivity contribution in [2.24, 2.45) is 5.92 Å². The summed E-state index contributed by atoms with van der Waals surface area (Å²) in [5.41, 5.74) is 0.452. The van der Waals surface area contributed by atoms with Crippen LogP contribution in [0, 0.1) is 11.7 Å². The predicted molar refractivity (Wildman–Crippen MR) is 55.8 cm³/mol. The van der Waals surface area contributed by atoms with Crippen LogP contribution in [-0.2, 0) is 6.42 Å². The highest BCUT2D eigenvalue weighted by Gasteiger charge is 2.10. The topological polar surface area (TPSA) is 20.2 Å². The van der Waals surface area contributed by atoms with Gasteiger partial charge in [0.15, 0.2) is 0 Å². The number of rotatable bonds is 4. The maximum Gasteiger partial charge on any atom is 0.130 e. The monoisotopic (exact) mass is 196 g/mol. The van der Waals surface area contributed by atoms with Crippen LogP contribution in [0.5, 0.6) is 5.75 Å². The van der Waals surface area contributed by atoms with Gasteiger partial charge in [-0.2, -0.15) is 0 Å². The maximum absolute atomic E-state index is 13.3. The molecule has 0 saturated carbocycles. The molecule has 78 valence electrons. The lowest BCUT2D eigenvalue weighted by atomic mass is 9.96. The average Bonchev–Trinajstić information content (AvgIpc) is 2.12. The quantitative estimate of drug-likeness (QED) is 0.781. The van der Waals surface area contributed by atoms with Gasteiger partial charge in [0.1, 0.15) is 11.6 Å². The summed E-state index contributed by atoms with van der Waals surface area (Å²) >= 11 is 0. The summed E-state index contributed by atoms with van der Waals surface area (Å²) in [6, 6.07) is 4.46. The van der Waals surface area contributed by atoms with E-state index in [1.165, 1.54) is 18.2 Å². The molecule has 0 bridgehead atoms. The number of hydrogen-bond acceptors (Lipinski definition) is 1. The third-order valence-corrected chi connectivity index (χ3v) is 2.43. The van der Waals surface area contributed by atoms with Gasteiger partial charge in [-0.15, -0.1) is 0 Å². The van der Waals surface area contributed by atoms with Gasteiger partial charge in [-0.05, 0) is 24.5 Å². The molecule has 1 unspecified atom stereocenters. The van der Waals surface area contributed by atoms with E-state index in [4.69, 9.17) is 0 Å². The van der Waals surface area contributed by atoms with E-state index in [0.717, 1.165) is 12.8 Å². The summed E-state index contributed by atoms with van der Waals surface area (Å²) in [7, 11) is 0. The molecule has 0 amide bonds. The van der Waals surface area contributed by atoms with Crippen molar-refractivity contribution in [3.05, 3.63) is 29.6 Å². The van der Waals surface area contributed by atoms with E-state index in [0.29, 0.717) is 17.9 Å². The normalized spacial score (nSPS) is 12.8. The highest BCUT2D eigenvalue weighted by molar-refractivity contribution is 5.33. The molecule has 14 heavy (non-hydrogen) atoms. The minimum Gasteiger partial charge on any atom is -0.508 e. The number of benzene rings is 1. The molecule has 0 aliphatic rings. The highest BCUT2D eigenvalue weighted by atomic mass is 19.1. The van der Waals surface area contributed by atoms with Crippen molar-refractivity contribution in [1.29, 1.82) is 0 Å². The van der Waals surface area contributed by atoms with Gasteiger partial charge in [0.05, 0.1) is 0 Å². The van der Waals surface area contributed by atoms with Crippen LogP contribution in [0.15, 0.2) is 18.2 Å². The molecule has 0 fully saturated rings. The first-order chi connectivity index (χ1) is 6.65. The van der Waals surface area contributed by atoms with Gasteiger partial charge in [-0.3, -0.25) is 0 Å². The Hall–Kier alpha value is -1.05. The van der Waals surface area contributed by atoms with E-state index in [1.54, 1.807) is 0 Å². The van der Waals surface area contributed by atoms with Crippen molar-refractivity contribution < 1.29 is 9.50 Å². The van der Waals surface area contributed by atoms with Crippen LogP contribution in [0.4, 0.5) is 4.39 Å². The second-order valence-electron chi connectivity index (χ2n) is 3.84. The fraction of sp³-hybridized carbons (Fsp3) is 0.500. The molecule has 1 aromatic rings. The van der Waals surface area contributed by atoms with Crippen LogP contribution in [0.2, 0.25) is 0 Å². The molecule has 0 aliphatic carbocycles. The van der Waals surface area contributed by atoms with Crippen molar-refractivity contribution in [1.82, 2.24) is 0 Å². The molecule has 0 heterocycles. The molecule has 1 atom stereocenters. The minimum absolute atomic E-state index is 0.0768. The fourth-order valence-corrected chi connectivity index (χ4v) is 1.69. The van der Waals surface area contributed by atoms with Crippen LogP contribution in [0.3, 0.4) is 0 Å². The molecular formula is C12H17FO. The largest absolute Gasteiger partial charge is 0.508 e. The van der Waals surface area contributed by atoms with Crippen LogP contribution in [-0.4, -0.2) is 5.11 Å². The summed E-state index contributed by atoms with van der Waals surface area (Å²) in [6.07, 6.45) is 2.77. The van der Waals surface area contributed by atoms with Crippen molar-refractivity contribution in [3.8, 4) is 5.75 Å². The van der Waals surface area contributed by atoms with Gasteiger partial charge in [0.2, 0.25) is 0 Å².